The number of rotatable bonds is 3. The van der Waals surface area contributed by atoms with Gasteiger partial charge in [-0.15, -0.1) is 0 Å². The van der Waals surface area contributed by atoms with Crippen LogP contribution in [0.15, 0.2) is 30.5 Å². The molecule has 92 valence electrons. The third kappa shape index (κ3) is 3.24. The minimum Gasteiger partial charge on any atom is -0.374 e. The van der Waals surface area contributed by atoms with E-state index in [1.54, 1.807) is 0 Å². The van der Waals surface area contributed by atoms with Gasteiger partial charge in [-0.1, -0.05) is 17.7 Å². The van der Waals surface area contributed by atoms with E-state index in [9.17, 15) is 0 Å². The van der Waals surface area contributed by atoms with Crippen LogP contribution in [0.4, 0.5) is 0 Å². The summed E-state index contributed by atoms with van der Waals surface area (Å²) in [6.45, 7) is 7.76. The van der Waals surface area contributed by atoms with Gasteiger partial charge in [-0.3, -0.25) is 0 Å². The molecule has 0 aliphatic carbocycles. The topological polar surface area (TPSA) is 14.2 Å². The summed E-state index contributed by atoms with van der Waals surface area (Å²) in [6.07, 6.45) is 2.08. The second-order valence-corrected chi connectivity index (χ2v) is 5.61. The molecule has 1 aromatic carbocycles. The number of hydrogen-bond acceptors (Lipinski definition) is 1. The van der Waals surface area contributed by atoms with Crippen molar-refractivity contribution in [2.45, 2.75) is 32.9 Å². The molecule has 0 aliphatic heterocycles. The molecule has 0 unspecified atom stereocenters. The Balaban J connectivity index is 2.11. The molecule has 0 N–H and O–H groups in total. The Bertz CT molecular complexity index is 510. The summed E-state index contributed by atoms with van der Waals surface area (Å²) < 4.78 is 7.90. The summed E-state index contributed by atoms with van der Waals surface area (Å²) in [5.74, 6) is 0. The molecule has 0 fully saturated rings. The van der Waals surface area contributed by atoms with Crippen LogP contribution in [0.25, 0.3) is 10.9 Å². The average Bonchev–Trinajstić information content (AvgIpc) is 2.59. The zero-order valence-corrected chi connectivity index (χ0v) is 11.3. The van der Waals surface area contributed by atoms with E-state index >= 15 is 0 Å². The molecule has 2 rings (SSSR count). The summed E-state index contributed by atoms with van der Waals surface area (Å²) in [5.41, 5.74) is 1.08. The third-order valence-corrected chi connectivity index (χ3v) is 2.84. The summed E-state index contributed by atoms with van der Waals surface area (Å²) in [5, 5.41) is 1.99. The van der Waals surface area contributed by atoms with Crippen LogP contribution in [0.5, 0.6) is 0 Å². The standard InChI is InChI=1S/C14H18ClNO/c1-14(2,3)17-9-8-16-7-6-11-4-5-12(15)10-13(11)16/h4-7,10H,8-9H2,1-3H3. The largest absolute Gasteiger partial charge is 0.374 e. The number of benzene rings is 1. The van der Waals surface area contributed by atoms with Crippen molar-refractivity contribution in [2.24, 2.45) is 0 Å². The first-order valence-electron chi connectivity index (χ1n) is 5.84. The van der Waals surface area contributed by atoms with Crippen LogP contribution in [-0.4, -0.2) is 16.8 Å². The molecule has 0 bridgehead atoms. The zero-order chi connectivity index (χ0) is 12.5. The van der Waals surface area contributed by atoms with Gasteiger partial charge in [0.05, 0.1) is 12.2 Å². The van der Waals surface area contributed by atoms with Gasteiger partial charge < -0.3 is 9.30 Å². The Morgan fingerprint density at radius 3 is 2.71 bits per heavy atom. The van der Waals surface area contributed by atoms with Crippen molar-refractivity contribution >= 4 is 22.5 Å². The van der Waals surface area contributed by atoms with Gasteiger partial charge in [-0.05, 0) is 44.4 Å². The quantitative estimate of drug-likeness (QED) is 0.801. The van der Waals surface area contributed by atoms with Crippen LogP contribution in [0.2, 0.25) is 5.02 Å². The summed E-state index contributed by atoms with van der Waals surface area (Å²) >= 11 is 6.01. The van der Waals surface area contributed by atoms with Gasteiger partial charge in [-0.2, -0.15) is 0 Å². The molecule has 3 heteroatoms. The highest BCUT2D eigenvalue weighted by Crippen LogP contribution is 2.20. The smallest absolute Gasteiger partial charge is 0.0652 e. The number of hydrogen-bond donors (Lipinski definition) is 0. The molecule has 1 aromatic heterocycles. The van der Waals surface area contributed by atoms with Gasteiger partial charge in [0.15, 0.2) is 0 Å². The van der Waals surface area contributed by atoms with Crippen molar-refractivity contribution in [3.8, 4) is 0 Å². The van der Waals surface area contributed by atoms with Crippen molar-refractivity contribution in [1.29, 1.82) is 0 Å². The molecule has 1 heterocycles. The van der Waals surface area contributed by atoms with Crippen LogP contribution < -0.4 is 0 Å². The van der Waals surface area contributed by atoms with Gasteiger partial charge in [0, 0.05) is 23.3 Å². The first-order valence-corrected chi connectivity index (χ1v) is 6.22. The van der Waals surface area contributed by atoms with Crippen molar-refractivity contribution in [1.82, 2.24) is 4.57 Å². The Morgan fingerprint density at radius 1 is 1.24 bits per heavy atom. The highest BCUT2D eigenvalue weighted by atomic mass is 35.5. The first-order chi connectivity index (χ1) is 7.96. The van der Waals surface area contributed by atoms with Crippen LogP contribution >= 0.6 is 11.6 Å². The predicted molar refractivity (Wildman–Crippen MR) is 72.7 cm³/mol. The molecule has 2 aromatic rings. The Hall–Kier alpha value is -0.990. The summed E-state index contributed by atoms with van der Waals surface area (Å²) in [7, 11) is 0. The van der Waals surface area contributed by atoms with E-state index in [0.29, 0.717) is 6.61 Å². The normalized spacial score (nSPS) is 12.2. The monoisotopic (exact) mass is 251 g/mol. The molecule has 17 heavy (non-hydrogen) atoms. The van der Waals surface area contributed by atoms with Gasteiger partial charge in [0.1, 0.15) is 0 Å². The van der Waals surface area contributed by atoms with E-state index in [2.05, 4.69) is 37.6 Å². The van der Waals surface area contributed by atoms with Crippen molar-refractivity contribution in [3.05, 3.63) is 35.5 Å². The van der Waals surface area contributed by atoms with Crippen LogP contribution in [0.3, 0.4) is 0 Å². The van der Waals surface area contributed by atoms with E-state index in [4.69, 9.17) is 16.3 Å². The fraction of sp³-hybridized carbons (Fsp3) is 0.429. The Kier molecular flexibility index (Phi) is 3.45. The molecule has 0 amide bonds. The summed E-state index contributed by atoms with van der Waals surface area (Å²) in [6, 6.07) is 8.05. The highest BCUT2D eigenvalue weighted by molar-refractivity contribution is 6.31. The predicted octanol–water partition coefficient (Wildman–Crippen LogP) is 4.11. The van der Waals surface area contributed by atoms with Gasteiger partial charge in [0.2, 0.25) is 0 Å². The van der Waals surface area contributed by atoms with Crippen LogP contribution in [0, 0.1) is 0 Å². The third-order valence-electron chi connectivity index (χ3n) is 2.60. The van der Waals surface area contributed by atoms with Gasteiger partial charge >= 0.3 is 0 Å². The summed E-state index contributed by atoms with van der Waals surface area (Å²) in [4.78, 5) is 0. The van der Waals surface area contributed by atoms with E-state index in [1.807, 2.05) is 18.2 Å². The van der Waals surface area contributed by atoms with Crippen molar-refractivity contribution < 1.29 is 4.74 Å². The molecule has 0 spiro atoms. The van der Waals surface area contributed by atoms with Crippen LogP contribution in [-0.2, 0) is 11.3 Å². The first kappa shape index (κ1) is 12.5. The maximum atomic E-state index is 6.01. The van der Waals surface area contributed by atoms with E-state index < -0.39 is 0 Å². The molecular formula is C14H18ClNO. The van der Waals surface area contributed by atoms with Crippen molar-refractivity contribution in [2.75, 3.05) is 6.61 Å². The molecule has 0 atom stereocenters. The molecular weight excluding hydrogens is 234 g/mol. The molecule has 0 saturated carbocycles. The highest BCUT2D eigenvalue weighted by Gasteiger charge is 2.09. The average molecular weight is 252 g/mol. The Labute approximate surface area is 107 Å². The number of ether oxygens (including phenoxy) is 1. The molecule has 0 saturated heterocycles. The number of aromatic nitrogens is 1. The lowest BCUT2D eigenvalue weighted by atomic mass is 10.2. The van der Waals surface area contributed by atoms with Gasteiger partial charge in [0.25, 0.3) is 0 Å². The van der Waals surface area contributed by atoms with E-state index in [0.717, 1.165) is 17.1 Å². The molecule has 0 aliphatic rings. The van der Waals surface area contributed by atoms with Crippen LogP contribution in [0.1, 0.15) is 20.8 Å². The lowest BCUT2D eigenvalue weighted by Gasteiger charge is -2.19. The molecule has 2 nitrogen and oxygen atoms in total. The zero-order valence-electron chi connectivity index (χ0n) is 10.5. The van der Waals surface area contributed by atoms with E-state index in [1.165, 1.54) is 5.39 Å². The minimum atomic E-state index is -0.0827. The molecule has 0 radical (unpaired) electrons. The SMILES string of the molecule is CC(C)(C)OCCn1ccc2ccc(Cl)cc21. The second kappa shape index (κ2) is 4.71. The minimum absolute atomic E-state index is 0.0827. The van der Waals surface area contributed by atoms with E-state index in [-0.39, 0.29) is 5.60 Å². The number of halogens is 1. The fourth-order valence-electron chi connectivity index (χ4n) is 1.80. The maximum Gasteiger partial charge on any atom is 0.0652 e. The number of fused-ring (bicyclic) bond motifs is 1. The second-order valence-electron chi connectivity index (χ2n) is 5.17. The maximum absolute atomic E-state index is 6.01. The Morgan fingerprint density at radius 2 is 2.00 bits per heavy atom. The van der Waals surface area contributed by atoms with Crippen molar-refractivity contribution in [3.63, 3.8) is 0 Å². The fourth-order valence-corrected chi connectivity index (χ4v) is 1.97. The lowest BCUT2D eigenvalue weighted by Crippen LogP contribution is -2.21. The number of nitrogens with zero attached hydrogens (tertiary/aromatic N) is 1. The van der Waals surface area contributed by atoms with Gasteiger partial charge in [-0.25, -0.2) is 0 Å². The lowest BCUT2D eigenvalue weighted by molar-refractivity contribution is -0.00644.